The fourth-order valence-electron chi connectivity index (χ4n) is 2.35. The van der Waals surface area contributed by atoms with Crippen molar-refractivity contribution in [1.82, 2.24) is 10.3 Å². The van der Waals surface area contributed by atoms with Gasteiger partial charge in [-0.25, -0.2) is 0 Å². The van der Waals surface area contributed by atoms with Gasteiger partial charge in [-0.2, -0.15) is 0 Å². The maximum absolute atomic E-state index is 5.83. The predicted molar refractivity (Wildman–Crippen MR) is 68.5 cm³/mol. The van der Waals surface area contributed by atoms with Gasteiger partial charge in [-0.3, -0.25) is 11.3 Å². The first-order valence-electron chi connectivity index (χ1n) is 6.04. The van der Waals surface area contributed by atoms with E-state index in [1.54, 1.807) is 0 Å². The van der Waals surface area contributed by atoms with E-state index in [9.17, 15) is 0 Å². The number of hydrazine groups is 1. The van der Waals surface area contributed by atoms with Gasteiger partial charge < -0.3 is 9.64 Å². The first-order chi connectivity index (χ1) is 8.22. The molecule has 0 saturated carbocycles. The zero-order chi connectivity index (χ0) is 12.3. The van der Waals surface area contributed by atoms with Crippen LogP contribution in [-0.4, -0.2) is 37.7 Å². The zero-order valence-corrected chi connectivity index (χ0v) is 10.5. The van der Waals surface area contributed by atoms with E-state index in [-0.39, 0.29) is 12.1 Å². The van der Waals surface area contributed by atoms with Gasteiger partial charge in [0, 0.05) is 13.1 Å². The highest BCUT2D eigenvalue weighted by Crippen LogP contribution is 2.23. The summed E-state index contributed by atoms with van der Waals surface area (Å²) in [5.74, 6) is 5.70. The Morgan fingerprint density at radius 1 is 1.47 bits per heavy atom. The maximum Gasteiger partial charge on any atom is 0.0909 e. The predicted octanol–water partition coefficient (Wildman–Crippen LogP) is 0.830. The Morgan fingerprint density at radius 2 is 2.24 bits per heavy atom. The van der Waals surface area contributed by atoms with Crippen molar-refractivity contribution in [3.05, 3.63) is 35.4 Å². The van der Waals surface area contributed by atoms with Crippen LogP contribution in [0.15, 0.2) is 24.3 Å². The van der Waals surface area contributed by atoms with Gasteiger partial charge in [0.05, 0.1) is 18.8 Å². The van der Waals surface area contributed by atoms with E-state index in [0.717, 1.165) is 19.7 Å². The normalized spacial score (nSPS) is 23.6. The minimum atomic E-state index is 0.0546. The van der Waals surface area contributed by atoms with Crippen molar-refractivity contribution >= 4 is 0 Å². The van der Waals surface area contributed by atoms with Crippen molar-refractivity contribution in [1.29, 1.82) is 0 Å². The fourth-order valence-corrected chi connectivity index (χ4v) is 2.35. The molecule has 3 N–H and O–H groups in total. The number of hydrogen-bond donors (Lipinski definition) is 2. The molecular formula is C13H21N3O. The summed E-state index contributed by atoms with van der Waals surface area (Å²) in [6, 6.07) is 8.35. The van der Waals surface area contributed by atoms with Crippen LogP contribution in [0.25, 0.3) is 0 Å². The molecule has 0 bridgehead atoms. The van der Waals surface area contributed by atoms with Crippen LogP contribution in [0, 0.1) is 6.92 Å². The molecule has 1 aromatic carbocycles. The summed E-state index contributed by atoms with van der Waals surface area (Å²) in [4.78, 5) is 2.27. The molecule has 0 radical (unpaired) electrons. The summed E-state index contributed by atoms with van der Waals surface area (Å²) >= 11 is 0. The van der Waals surface area contributed by atoms with Crippen molar-refractivity contribution in [2.45, 2.75) is 19.1 Å². The number of morpholine rings is 1. The van der Waals surface area contributed by atoms with E-state index >= 15 is 0 Å². The van der Waals surface area contributed by atoms with E-state index < -0.39 is 0 Å². The molecule has 2 unspecified atom stereocenters. The molecule has 0 amide bonds. The molecule has 0 aromatic heterocycles. The molecule has 94 valence electrons. The van der Waals surface area contributed by atoms with Crippen LogP contribution in [0.4, 0.5) is 0 Å². The largest absolute Gasteiger partial charge is 0.374 e. The number of benzene rings is 1. The van der Waals surface area contributed by atoms with E-state index in [2.05, 4.69) is 36.4 Å². The van der Waals surface area contributed by atoms with Gasteiger partial charge in [0.1, 0.15) is 0 Å². The number of nitrogens with zero attached hydrogens (tertiary/aromatic N) is 1. The quantitative estimate of drug-likeness (QED) is 0.602. The van der Waals surface area contributed by atoms with Crippen molar-refractivity contribution in [2.75, 3.05) is 26.7 Å². The van der Waals surface area contributed by atoms with Gasteiger partial charge in [-0.1, -0.05) is 24.3 Å². The standard InChI is InChI=1S/C13H21N3O/c1-10-5-3-4-6-11(10)13(15-14)12-9-16(2)7-8-17-12/h3-6,12-13,15H,7-9,14H2,1-2H3. The first-order valence-corrected chi connectivity index (χ1v) is 6.04. The smallest absolute Gasteiger partial charge is 0.0909 e. The summed E-state index contributed by atoms with van der Waals surface area (Å²) in [6.45, 7) is 4.77. The van der Waals surface area contributed by atoms with Crippen LogP contribution in [0.3, 0.4) is 0 Å². The number of ether oxygens (including phenoxy) is 1. The van der Waals surface area contributed by atoms with E-state index in [1.165, 1.54) is 11.1 Å². The molecule has 1 fully saturated rings. The number of rotatable bonds is 3. The van der Waals surface area contributed by atoms with E-state index in [1.807, 2.05) is 12.1 Å². The van der Waals surface area contributed by atoms with Gasteiger partial charge in [0.25, 0.3) is 0 Å². The lowest BCUT2D eigenvalue weighted by Gasteiger charge is -2.35. The Kier molecular flexibility index (Phi) is 4.12. The van der Waals surface area contributed by atoms with Crippen molar-refractivity contribution < 1.29 is 4.74 Å². The number of likely N-dealkylation sites (N-methyl/N-ethyl adjacent to an activating group) is 1. The van der Waals surface area contributed by atoms with Crippen LogP contribution in [0.2, 0.25) is 0 Å². The van der Waals surface area contributed by atoms with Crippen LogP contribution in [-0.2, 0) is 4.74 Å². The SMILES string of the molecule is Cc1ccccc1C(NN)C1CN(C)CCO1. The maximum atomic E-state index is 5.83. The van der Waals surface area contributed by atoms with Gasteiger partial charge in [-0.05, 0) is 25.1 Å². The molecule has 0 aliphatic carbocycles. The average molecular weight is 235 g/mol. The molecule has 4 heteroatoms. The summed E-state index contributed by atoms with van der Waals surface area (Å²) in [5.41, 5.74) is 5.36. The van der Waals surface area contributed by atoms with Gasteiger partial charge in [-0.15, -0.1) is 0 Å². The molecule has 2 atom stereocenters. The average Bonchev–Trinajstić information content (AvgIpc) is 2.33. The highest BCUT2D eigenvalue weighted by molar-refractivity contribution is 5.29. The fraction of sp³-hybridized carbons (Fsp3) is 0.538. The molecule has 1 saturated heterocycles. The van der Waals surface area contributed by atoms with Crippen molar-refractivity contribution in [3.63, 3.8) is 0 Å². The van der Waals surface area contributed by atoms with Crippen LogP contribution in [0.5, 0.6) is 0 Å². The molecule has 2 rings (SSSR count). The Morgan fingerprint density at radius 3 is 2.88 bits per heavy atom. The van der Waals surface area contributed by atoms with E-state index in [4.69, 9.17) is 10.6 Å². The Bertz CT molecular complexity index is 369. The topological polar surface area (TPSA) is 50.5 Å². The Balaban J connectivity index is 2.18. The van der Waals surface area contributed by atoms with Crippen molar-refractivity contribution in [2.24, 2.45) is 5.84 Å². The lowest BCUT2D eigenvalue weighted by molar-refractivity contribution is -0.0394. The van der Waals surface area contributed by atoms with Crippen LogP contribution >= 0.6 is 0 Å². The Labute approximate surface area is 103 Å². The Hall–Kier alpha value is -0.940. The number of nitrogens with one attached hydrogen (secondary N) is 1. The van der Waals surface area contributed by atoms with Crippen LogP contribution < -0.4 is 11.3 Å². The monoisotopic (exact) mass is 235 g/mol. The third-order valence-electron chi connectivity index (χ3n) is 3.37. The first kappa shape index (κ1) is 12.5. The second-order valence-electron chi connectivity index (χ2n) is 4.67. The minimum Gasteiger partial charge on any atom is -0.374 e. The summed E-state index contributed by atoms with van der Waals surface area (Å²) in [6.07, 6.45) is 0.111. The van der Waals surface area contributed by atoms with Crippen molar-refractivity contribution in [3.8, 4) is 0 Å². The summed E-state index contributed by atoms with van der Waals surface area (Å²) in [7, 11) is 2.11. The second-order valence-corrected chi connectivity index (χ2v) is 4.67. The third kappa shape index (κ3) is 2.84. The van der Waals surface area contributed by atoms with Gasteiger partial charge >= 0.3 is 0 Å². The molecule has 0 spiro atoms. The third-order valence-corrected chi connectivity index (χ3v) is 3.37. The van der Waals surface area contributed by atoms with Gasteiger partial charge in [0.15, 0.2) is 0 Å². The molecule has 1 aliphatic rings. The second kappa shape index (κ2) is 5.60. The summed E-state index contributed by atoms with van der Waals surface area (Å²) in [5, 5.41) is 0. The van der Waals surface area contributed by atoms with Gasteiger partial charge in [0.2, 0.25) is 0 Å². The zero-order valence-electron chi connectivity index (χ0n) is 10.5. The lowest BCUT2D eigenvalue weighted by atomic mass is 9.96. The molecule has 1 heterocycles. The minimum absolute atomic E-state index is 0.0546. The molecular weight excluding hydrogens is 214 g/mol. The highest BCUT2D eigenvalue weighted by atomic mass is 16.5. The van der Waals surface area contributed by atoms with Crippen LogP contribution in [0.1, 0.15) is 17.2 Å². The molecule has 1 aliphatic heterocycles. The lowest BCUT2D eigenvalue weighted by Crippen LogP contribution is -2.48. The summed E-state index contributed by atoms with van der Waals surface area (Å²) < 4.78 is 5.83. The number of nitrogens with two attached hydrogens (primary N) is 1. The van der Waals surface area contributed by atoms with E-state index in [0.29, 0.717) is 0 Å². The highest BCUT2D eigenvalue weighted by Gasteiger charge is 2.27. The molecule has 1 aromatic rings. The molecule has 4 nitrogen and oxygen atoms in total. The molecule has 17 heavy (non-hydrogen) atoms. The number of hydrogen-bond acceptors (Lipinski definition) is 4. The number of aryl methyl sites for hydroxylation is 1.